The Labute approximate surface area is 394 Å². The van der Waals surface area contributed by atoms with Crippen LogP contribution < -0.4 is 0 Å². The lowest BCUT2D eigenvalue weighted by molar-refractivity contribution is -0.161. The van der Waals surface area contributed by atoms with Crippen molar-refractivity contribution in [2.45, 2.75) is 213 Å². The molecule has 0 rings (SSSR count). The van der Waals surface area contributed by atoms with E-state index in [-0.39, 0.29) is 25.2 Å². The van der Waals surface area contributed by atoms with Gasteiger partial charge in [0.2, 0.25) is 0 Å². The molecule has 1 atom stereocenters. The standard InChI is InChI=1S/C59H94O5/c1-3-5-7-9-11-13-15-17-19-20-21-22-23-24-25-26-27-28-29-30-31-32-33-34-35-36-37-38-40-42-44-46-48-50-52-54-59(62)64-57(55-60)56-63-58(61)53-51-49-47-45-43-41-39-18-16-14-12-10-8-6-4-2/h5-8,11-14,17-19,21-22,24-25,27-28,30-31,33-34,39,57,60H,3-4,9-10,15-16,20,23,26,29,32,35-38,40-56H2,1-2H3/b7-5-,8-6-,13-11-,14-12-,19-17-,22-21-,25-24-,28-27-,31-30-,34-33-,39-18-. The van der Waals surface area contributed by atoms with Gasteiger partial charge in [0.15, 0.2) is 6.10 Å². The van der Waals surface area contributed by atoms with E-state index < -0.39 is 6.10 Å². The van der Waals surface area contributed by atoms with Crippen molar-refractivity contribution in [1.82, 2.24) is 0 Å². The van der Waals surface area contributed by atoms with Crippen LogP contribution in [0.2, 0.25) is 0 Å². The van der Waals surface area contributed by atoms with Gasteiger partial charge in [-0.05, 0) is 109 Å². The minimum Gasteiger partial charge on any atom is -0.462 e. The topological polar surface area (TPSA) is 72.8 Å². The second-order valence-electron chi connectivity index (χ2n) is 16.5. The molecule has 1 unspecified atom stereocenters. The molecular formula is C59H94O5. The van der Waals surface area contributed by atoms with Crippen LogP contribution in [0.3, 0.4) is 0 Å². The summed E-state index contributed by atoms with van der Waals surface area (Å²) in [6.45, 7) is 3.88. The Bertz CT molecular complexity index is 1370. The van der Waals surface area contributed by atoms with E-state index in [1.54, 1.807) is 0 Å². The first-order valence-corrected chi connectivity index (χ1v) is 25.7. The summed E-state index contributed by atoms with van der Waals surface area (Å²) in [5, 5.41) is 9.61. The van der Waals surface area contributed by atoms with Crippen LogP contribution in [0.5, 0.6) is 0 Å². The molecule has 0 aliphatic rings. The van der Waals surface area contributed by atoms with E-state index in [1.807, 2.05) is 0 Å². The van der Waals surface area contributed by atoms with E-state index >= 15 is 0 Å². The molecule has 0 radical (unpaired) electrons. The van der Waals surface area contributed by atoms with E-state index in [1.165, 1.54) is 57.8 Å². The van der Waals surface area contributed by atoms with Crippen LogP contribution in [0.1, 0.15) is 206 Å². The highest BCUT2D eigenvalue weighted by Crippen LogP contribution is 2.14. The number of aliphatic hydroxyl groups is 1. The fraction of sp³-hybridized carbons (Fsp3) is 0.593. The summed E-state index contributed by atoms with van der Waals surface area (Å²) in [5.41, 5.74) is 0. The molecule has 64 heavy (non-hydrogen) atoms. The molecule has 1 N–H and O–H groups in total. The smallest absolute Gasteiger partial charge is 0.306 e. The van der Waals surface area contributed by atoms with Gasteiger partial charge >= 0.3 is 11.9 Å². The SMILES string of the molecule is CC/C=C\C/C=C\C/C=C\C/C=C\C/C=C\C/C=C\C/C=C\C/C=C\CCCCCCCCCCCCC(=O)OC(CO)COC(=O)CCCCCCC/C=C\C/C=C\C/C=C\CC. The molecule has 0 bridgehead atoms. The third kappa shape index (κ3) is 50.7. The summed E-state index contributed by atoms with van der Waals surface area (Å²) < 4.78 is 10.6. The summed E-state index contributed by atoms with van der Waals surface area (Å²) >= 11 is 0. The average Bonchev–Trinajstić information content (AvgIpc) is 3.30. The minimum atomic E-state index is -0.791. The van der Waals surface area contributed by atoms with Crippen LogP contribution in [0.15, 0.2) is 134 Å². The van der Waals surface area contributed by atoms with E-state index in [0.29, 0.717) is 12.8 Å². The number of allylic oxidation sites excluding steroid dienone is 22. The van der Waals surface area contributed by atoms with Gasteiger partial charge in [-0.3, -0.25) is 9.59 Å². The summed E-state index contributed by atoms with van der Waals surface area (Å²) in [5.74, 6) is -0.625. The first kappa shape index (κ1) is 60.0. The number of rotatable bonds is 45. The van der Waals surface area contributed by atoms with Crippen molar-refractivity contribution in [3.63, 3.8) is 0 Å². The molecule has 0 amide bonds. The van der Waals surface area contributed by atoms with Crippen LogP contribution >= 0.6 is 0 Å². The second-order valence-corrected chi connectivity index (χ2v) is 16.5. The summed E-state index contributed by atoms with van der Waals surface area (Å²) in [4.78, 5) is 24.4. The molecule has 0 heterocycles. The van der Waals surface area contributed by atoms with Crippen LogP contribution in [0.4, 0.5) is 0 Å². The molecule has 0 aromatic carbocycles. The number of esters is 2. The normalized spacial score (nSPS) is 13.4. The number of carbonyl (C=O) groups excluding carboxylic acids is 2. The van der Waals surface area contributed by atoms with E-state index in [0.717, 1.165) is 122 Å². The zero-order chi connectivity index (χ0) is 46.3. The first-order valence-electron chi connectivity index (χ1n) is 25.7. The molecule has 5 heteroatoms. The molecule has 0 spiro atoms. The molecule has 0 aliphatic carbocycles. The Kier molecular flexibility index (Phi) is 50.1. The van der Waals surface area contributed by atoms with Crippen LogP contribution in [-0.4, -0.2) is 36.4 Å². The van der Waals surface area contributed by atoms with Crippen LogP contribution in [0.25, 0.3) is 0 Å². The van der Waals surface area contributed by atoms with Gasteiger partial charge in [0, 0.05) is 12.8 Å². The maximum Gasteiger partial charge on any atom is 0.306 e. The highest BCUT2D eigenvalue weighted by Gasteiger charge is 2.16. The maximum absolute atomic E-state index is 12.3. The largest absolute Gasteiger partial charge is 0.462 e. The van der Waals surface area contributed by atoms with E-state index in [4.69, 9.17) is 9.47 Å². The highest BCUT2D eigenvalue weighted by molar-refractivity contribution is 5.70. The lowest BCUT2D eigenvalue weighted by Crippen LogP contribution is -2.28. The van der Waals surface area contributed by atoms with E-state index in [2.05, 4.69) is 148 Å². The molecule has 0 aromatic heterocycles. The minimum absolute atomic E-state index is 0.0842. The van der Waals surface area contributed by atoms with Crippen molar-refractivity contribution < 1.29 is 24.2 Å². The lowest BCUT2D eigenvalue weighted by atomic mass is 10.0. The van der Waals surface area contributed by atoms with Gasteiger partial charge in [-0.2, -0.15) is 0 Å². The highest BCUT2D eigenvalue weighted by atomic mass is 16.6. The summed E-state index contributed by atoms with van der Waals surface area (Å²) in [7, 11) is 0. The van der Waals surface area contributed by atoms with Gasteiger partial charge < -0.3 is 14.6 Å². The number of ether oxygens (including phenoxy) is 2. The predicted molar refractivity (Wildman–Crippen MR) is 278 cm³/mol. The fourth-order valence-electron chi connectivity index (χ4n) is 6.64. The number of aliphatic hydroxyl groups excluding tert-OH is 1. The molecule has 0 saturated heterocycles. The van der Waals surface area contributed by atoms with Crippen molar-refractivity contribution in [2.24, 2.45) is 0 Å². The third-order valence-electron chi connectivity index (χ3n) is 10.4. The number of unbranched alkanes of at least 4 members (excludes halogenated alkanes) is 15. The van der Waals surface area contributed by atoms with Gasteiger partial charge in [-0.15, -0.1) is 0 Å². The van der Waals surface area contributed by atoms with Gasteiger partial charge in [0.1, 0.15) is 6.61 Å². The third-order valence-corrected chi connectivity index (χ3v) is 10.4. The van der Waals surface area contributed by atoms with Crippen molar-refractivity contribution in [1.29, 1.82) is 0 Å². The second kappa shape index (κ2) is 53.4. The zero-order valence-electron chi connectivity index (χ0n) is 41.0. The number of hydrogen-bond acceptors (Lipinski definition) is 5. The molecule has 0 aromatic rings. The van der Waals surface area contributed by atoms with Crippen molar-refractivity contribution in [3.05, 3.63) is 134 Å². The van der Waals surface area contributed by atoms with Crippen molar-refractivity contribution in [2.75, 3.05) is 13.2 Å². The predicted octanol–water partition coefficient (Wildman–Crippen LogP) is 17.3. The Balaban J connectivity index is 3.59. The van der Waals surface area contributed by atoms with Gasteiger partial charge in [0.25, 0.3) is 0 Å². The average molecular weight is 883 g/mol. The summed E-state index contributed by atoms with van der Waals surface area (Å²) in [6.07, 6.45) is 79.7. The molecule has 0 aliphatic heterocycles. The lowest BCUT2D eigenvalue weighted by Gasteiger charge is -2.15. The van der Waals surface area contributed by atoms with Crippen molar-refractivity contribution in [3.8, 4) is 0 Å². The Morgan fingerprint density at radius 1 is 0.359 bits per heavy atom. The Hall–Kier alpha value is -3.96. The maximum atomic E-state index is 12.3. The molecule has 0 saturated carbocycles. The molecule has 0 fully saturated rings. The quantitative estimate of drug-likeness (QED) is 0.0375. The fourth-order valence-corrected chi connectivity index (χ4v) is 6.64. The molecular weight excluding hydrogens is 789 g/mol. The molecule has 360 valence electrons. The monoisotopic (exact) mass is 883 g/mol. The van der Waals surface area contributed by atoms with Crippen LogP contribution in [0, 0.1) is 0 Å². The van der Waals surface area contributed by atoms with E-state index in [9.17, 15) is 14.7 Å². The zero-order valence-corrected chi connectivity index (χ0v) is 41.0. The van der Waals surface area contributed by atoms with Gasteiger partial charge in [-0.1, -0.05) is 218 Å². The van der Waals surface area contributed by atoms with Crippen molar-refractivity contribution >= 4 is 11.9 Å². The Morgan fingerprint density at radius 2 is 0.625 bits per heavy atom. The molecule has 5 nitrogen and oxygen atoms in total. The number of hydrogen-bond donors (Lipinski definition) is 1. The summed E-state index contributed by atoms with van der Waals surface area (Å²) in [6, 6.07) is 0. The Morgan fingerprint density at radius 3 is 0.938 bits per heavy atom. The first-order chi connectivity index (χ1) is 31.6. The van der Waals surface area contributed by atoms with Crippen LogP contribution in [-0.2, 0) is 19.1 Å². The number of carbonyl (C=O) groups is 2. The van der Waals surface area contributed by atoms with Gasteiger partial charge in [-0.25, -0.2) is 0 Å². The van der Waals surface area contributed by atoms with Gasteiger partial charge in [0.05, 0.1) is 6.61 Å².